The van der Waals surface area contributed by atoms with Gasteiger partial charge in [-0.2, -0.15) is 0 Å². The van der Waals surface area contributed by atoms with Crippen molar-refractivity contribution < 1.29 is 27.6 Å². The van der Waals surface area contributed by atoms with Crippen molar-refractivity contribution in [2.75, 3.05) is 20.2 Å². The first-order valence-corrected chi connectivity index (χ1v) is 8.01. The van der Waals surface area contributed by atoms with Gasteiger partial charge in [-0.3, -0.25) is 9.59 Å². The summed E-state index contributed by atoms with van der Waals surface area (Å²) >= 11 is 0. The standard InChI is InChI=1S/C17H17F2N3O4/c1-25-17(24)11-8-20-5-4-13(11)21-16(23)14-7-15(26-22-14)10-3-2-9(18)6-12(10)19/h2-3,6-7,11,13,20H,4-5,8H2,1H3,(H,21,23). The van der Waals surface area contributed by atoms with E-state index < -0.39 is 35.5 Å². The molecule has 1 aromatic carbocycles. The minimum atomic E-state index is -0.822. The Labute approximate surface area is 147 Å². The zero-order chi connectivity index (χ0) is 18.7. The number of esters is 1. The summed E-state index contributed by atoms with van der Waals surface area (Å²) in [6.45, 7) is 1.03. The summed E-state index contributed by atoms with van der Waals surface area (Å²) in [5.74, 6) is -3.03. The number of ether oxygens (including phenoxy) is 1. The quantitative estimate of drug-likeness (QED) is 0.798. The summed E-state index contributed by atoms with van der Waals surface area (Å²) in [5.41, 5.74) is -0.0712. The van der Waals surface area contributed by atoms with Crippen LogP contribution in [0.1, 0.15) is 16.9 Å². The molecule has 2 aromatic rings. The van der Waals surface area contributed by atoms with E-state index in [4.69, 9.17) is 9.26 Å². The summed E-state index contributed by atoms with van der Waals surface area (Å²) in [5, 5.41) is 9.44. The molecule has 1 aliphatic rings. The monoisotopic (exact) mass is 365 g/mol. The molecule has 0 bridgehead atoms. The number of nitrogens with one attached hydrogen (secondary N) is 2. The van der Waals surface area contributed by atoms with Crippen molar-refractivity contribution >= 4 is 11.9 Å². The van der Waals surface area contributed by atoms with Crippen LogP contribution in [0, 0.1) is 17.6 Å². The maximum absolute atomic E-state index is 13.8. The predicted octanol–water partition coefficient (Wildman–Crippen LogP) is 1.50. The molecule has 1 amide bonds. The van der Waals surface area contributed by atoms with Crippen LogP contribution in [0.2, 0.25) is 0 Å². The van der Waals surface area contributed by atoms with Crippen LogP contribution in [0.15, 0.2) is 28.8 Å². The Morgan fingerprint density at radius 1 is 1.35 bits per heavy atom. The van der Waals surface area contributed by atoms with Crippen LogP contribution >= 0.6 is 0 Å². The van der Waals surface area contributed by atoms with Crippen molar-refractivity contribution in [3.05, 3.63) is 41.6 Å². The molecule has 26 heavy (non-hydrogen) atoms. The van der Waals surface area contributed by atoms with E-state index in [-0.39, 0.29) is 17.0 Å². The van der Waals surface area contributed by atoms with Gasteiger partial charge < -0.3 is 19.9 Å². The molecule has 1 fully saturated rings. The van der Waals surface area contributed by atoms with Crippen molar-refractivity contribution in [1.82, 2.24) is 15.8 Å². The van der Waals surface area contributed by atoms with Crippen molar-refractivity contribution in [1.29, 1.82) is 0 Å². The summed E-state index contributed by atoms with van der Waals surface area (Å²) < 4.78 is 36.6. The number of benzene rings is 1. The lowest BCUT2D eigenvalue weighted by atomic mass is 9.93. The van der Waals surface area contributed by atoms with E-state index >= 15 is 0 Å². The fourth-order valence-electron chi connectivity index (χ4n) is 2.87. The molecule has 9 heteroatoms. The van der Waals surface area contributed by atoms with Gasteiger partial charge in [-0.1, -0.05) is 5.16 Å². The Morgan fingerprint density at radius 3 is 2.88 bits per heavy atom. The smallest absolute Gasteiger partial charge is 0.312 e. The number of amides is 1. The molecule has 3 rings (SSSR count). The zero-order valence-electron chi connectivity index (χ0n) is 13.9. The zero-order valence-corrected chi connectivity index (χ0v) is 13.9. The first-order valence-electron chi connectivity index (χ1n) is 8.01. The molecule has 7 nitrogen and oxygen atoms in total. The Morgan fingerprint density at radius 2 is 2.15 bits per heavy atom. The fourth-order valence-corrected chi connectivity index (χ4v) is 2.87. The van der Waals surface area contributed by atoms with Crippen LogP contribution in [0.25, 0.3) is 11.3 Å². The second kappa shape index (κ2) is 7.61. The lowest BCUT2D eigenvalue weighted by Gasteiger charge is -2.30. The molecule has 2 atom stereocenters. The molecule has 2 unspecified atom stereocenters. The van der Waals surface area contributed by atoms with Crippen LogP contribution < -0.4 is 10.6 Å². The number of rotatable bonds is 4. The number of halogens is 2. The van der Waals surface area contributed by atoms with Crippen LogP contribution in [-0.4, -0.2) is 43.3 Å². The predicted molar refractivity (Wildman–Crippen MR) is 86.1 cm³/mol. The number of carbonyl (C=O) groups is 2. The Hall–Kier alpha value is -2.81. The fraction of sp³-hybridized carbons (Fsp3) is 0.353. The number of piperidine rings is 1. The molecular weight excluding hydrogens is 348 g/mol. The minimum absolute atomic E-state index is 0.00230. The van der Waals surface area contributed by atoms with Gasteiger partial charge in [-0.15, -0.1) is 0 Å². The average Bonchev–Trinajstić information content (AvgIpc) is 3.11. The summed E-state index contributed by atoms with van der Waals surface area (Å²) in [6, 6.07) is 3.84. The van der Waals surface area contributed by atoms with E-state index in [1.165, 1.54) is 19.2 Å². The molecule has 0 saturated carbocycles. The topological polar surface area (TPSA) is 93.5 Å². The van der Waals surface area contributed by atoms with Gasteiger partial charge in [0.05, 0.1) is 18.6 Å². The van der Waals surface area contributed by atoms with Gasteiger partial charge in [0, 0.05) is 24.7 Å². The van der Waals surface area contributed by atoms with Crippen LogP contribution in [0.4, 0.5) is 8.78 Å². The van der Waals surface area contributed by atoms with E-state index in [0.717, 1.165) is 6.07 Å². The third-order valence-electron chi connectivity index (χ3n) is 4.24. The maximum atomic E-state index is 13.8. The lowest BCUT2D eigenvalue weighted by molar-refractivity contribution is -0.146. The molecule has 0 radical (unpaired) electrons. The number of hydrogen-bond donors (Lipinski definition) is 2. The van der Waals surface area contributed by atoms with Crippen LogP contribution in [-0.2, 0) is 9.53 Å². The van der Waals surface area contributed by atoms with E-state index in [2.05, 4.69) is 15.8 Å². The SMILES string of the molecule is COC(=O)C1CNCCC1NC(=O)c1cc(-c2ccc(F)cc2F)on1. The van der Waals surface area contributed by atoms with Gasteiger partial charge in [-0.05, 0) is 25.1 Å². The molecule has 2 N–H and O–H groups in total. The highest BCUT2D eigenvalue weighted by molar-refractivity contribution is 5.93. The highest BCUT2D eigenvalue weighted by Crippen LogP contribution is 2.24. The van der Waals surface area contributed by atoms with Crippen molar-refractivity contribution in [2.24, 2.45) is 5.92 Å². The largest absolute Gasteiger partial charge is 0.469 e. The molecular formula is C17H17F2N3O4. The summed E-state index contributed by atoms with van der Waals surface area (Å²) in [7, 11) is 1.29. The highest BCUT2D eigenvalue weighted by atomic mass is 19.1. The van der Waals surface area contributed by atoms with Crippen LogP contribution in [0.3, 0.4) is 0 Å². The number of aromatic nitrogens is 1. The molecule has 1 aliphatic heterocycles. The highest BCUT2D eigenvalue weighted by Gasteiger charge is 2.33. The number of nitrogens with zero attached hydrogens (tertiary/aromatic N) is 1. The van der Waals surface area contributed by atoms with Crippen molar-refractivity contribution in [3.8, 4) is 11.3 Å². The normalized spacial score (nSPS) is 19.8. The molecule has 1 aromatic heterocycles. The number of carbonyl (C=O) groups excluding carboxylic acids is 2. The van der Waals surface area contributed by atoms with Gasteiger partial charge in [0.2, 0.25) is 0 Å². The van der Waals surface area contributed by atoms with E-state index in [9.17, 15) is 18.4 Å². The molecule has 2 heterocycles. The molecule has 1 saturated heterocycles. The van der Waals surface area contributed by atoms with E-state index in [1.54, 1.807) is 0 Å². The minimum Gasteiger partial charge on any atom is -0.469 e. The summed E-state index contributed by atoms with van der Waals surface area (Å²) in [4.78, 5) is 24.2. The van der Waals surface area contributed by atoms with Gasteiger partial charge in [0.25, 0.3) is 5.91 Å². The van der Waals surface area contributed by atoms with Crippen molar-refractivity contribution in [3.63, 3.8) is 0 Å². The summed E-state index contributed by atoms with van der Waals surface area (Å²) in [6.07, 6.45) is 0.544. The first kappa shape index (κ1) is 18.0. The van der Waals surface area contributed by atoms with Crippen LogP contribution in [0.5, 0.6) is 0 Å². The molecule has 0 spiro atoms. The second-order valence-electron chi connectivity index (χ2n) is 5.90. The second-order valence-corrected chi connectivity index (χ2v) is 5.90. The first-order chi connectivity index (χ1) is 12.5. The van der Waals surface area contributed by atoms with Gasteiger partial charge in [0.15, 0.2) is 11.5 Å². The Balaban J connectivity index is 1.74. The Bertz CT molecular complexity index is 824. The van der Waals surface area contributed by atoms with Gasteiger partial charge in [-0.25, -0.2) is 8.78 Å². The Kier molecular flexibility index (Phi) is 5.27. The van der Waals surface area contributed by atoms with E-state index in [1.807, 2.05) is 0 Å². The maximum Gasteiger partial charge on any atom is 0.312 e. The number of hydrogen-bond acceptors (Lipinski definition) is 6. The third-order valence-corrected chi connectivity index (χ3v) is 4.24. The van der Waals surface area contributed by atoms with Crippen molar-refractivity contribution in [2.45, 2.75) is 12.5 Å². The lowest BCUT2D eigenvalue weighted by Crippen LogP contribution is -2.52. The average molecular weight is 365 g/mol. The van der Waals surface area contributed by atoms with Gasteiger partial charge in [0.1, 0.15) is 11.6 Å². The molecule has 138 valence electrons. The van der Waals surface area contributed by atoms with E-state index in [0.29, 0.717) is 25.6 Å². The molecule has 0 aliphatic carbocycles. The third kappa shape index (κ3) is 3.72. The van der Waals surface area contributed by atoms with Gasteiger partial charge >= 0.3 is 5.97 Å². The number of methoxy groups -OCH3 is 1.